The van der Waals surface area contributed by atoms with Gasteiger partial charge in [-0.3, -0.25) is 13.8 Å². The lowest BCUT2D eigenvalue weighted by Crippen LogP contribution is -2.16. The van der Waals surface area contributed by atoms with E-state index in [4.69, 9.17) is 23.5 Å². The molecule has 0 unspecified atom stereocenters. The maximum Gasteiger partial charge on any atom is 0.267 e. The van der Waals surface area contributed by atoms with E-state index in [1.807, 2.05) is 13.0 Å². The Balaban J connectivity index is 1.41. The van der Waals surface area contributed by atoms with E-state index in [1.54, 1.807) is 0 Å². The number of aliphatic hydroxyl groups excluding tert-OH is 3. The number of rotatable bonds is 18. The number of hydrogen-bond acceptors (Lipinski definition) is 13. The van der Waals surface area contributed by atoms with Crippen molar-refractivity contribution in [3.63, 3.8) is 0 Å². The number of phenolic OH excluding ortho intramolecular Hbond substituents is 2. The number of unbranched alkanes of at least 4 members (excludes halogenated alkanes) is 2. The molecule has 0 spiro atoms. The molecule has 5 aromatic carbocycles. The first-order chi connectivity index (χ1) is 25.0. The molecular weight excluding hydrogens is 696 g/mol. The van der Waals surface area contributed by atoms with Crippen LogP contribution in [0.2, 0.25) is 0 Å². The largest absolute Gasteiger partial charge is 0.507 e. The fourth-order valence-electron chi connectivity index (χ4n) is 7.64. The van der Waals surface area contributed by atoms with Gasteiger partial charge in [-0.1, -0.05) is 18.1 Å². The monoisotopic (exact) mass is 738 g/mol. The van der Waals surface area contributed by atoms with Crippen LogP contribution in [0.5, 0.6) is 17.2 Å². The third-order valence-electron chi connectivity index (χ3n) is 9.71. The van der Waals surface area contributed by atoms with E-state index in [0.29, 0.717) is 74.7 Å². The minimum Gasteiger partial charge on any atom is -0.507 e. The van der Waals surface area contributed by atoms with Gasteiger partial charge in [0.25, 0.3) is 10.1 Å². The van der Waals surface area contributed by atoms with Gasteiger partial charge >= 0.3 is 0 Å². The quantitative estimate of drug-likeness (QED) is 0.0379. The first-order valence-electron chi connectivity index (χ1n) is 17.1. The van der Waals surface area contributed by atoms with E-state index in [-0.39, 0.29) is 91.0 Å². The number of allylic oxidation sites excluding steroid dienone is 1. The Hall–Kier alpha value is -4.15. The summed E-state index contributed by atoms with van der Waals surface area (Å²) in [4.78, 5) is 27.4. The minimum absolute atomic E-state index is 0.0210. The Morgan fingerprint density at radius 3 is 1.92 bits per heavy atom. The highest BCUT2D eigenvalue weighted by atomic mass is 32.2. The fraction of sp³-hybridized carbons (Fsp3) is 0.421. The van der Waals surface area contributed by atoms with Crippen LogP contribution in [0.15, 0.2) is 27.3 Å². The van der Waals surface area contributed by atoms with Crippen LogP contribution in [0.4, 0.5) is 0 Å². The van der Waals surface area contributed by atoms with Gasteiger partial charge in [-0.15, -0.1) is 0 Å². The Bertz CT molecular complexity index is 2400. The van der Waals surface area contributed by atoms with Gasteiger partial charge in [0.2, 0.25) is 0 Å². The molecule has 278 valence electrons. The average Bonchev–Trinajstić information content (AvgIpc) is 3.26. The number of fused-ring (bicyclic) bond motifs is 1. The van der Waals surface area contributed by atoms with Crippen LogP contribution in [0, 0.1) is 0 Å². The Morgan fingerprint density at radius 2 is 1.31 bits per heavy atom. The normalized spacial score (nSPS) is 13.3. The van der Waals surface area contributed by atoms with Crippen LogP contribution in [-0.2, 0) is 49.8 Å². The van der Waals surface area contributed by atoms with Crippen LogP contribution in [0.25, 0.3) is 49.2 Å². The molecule has 0 saturated carbocycles. The zero-order valence-electron chi connectivity index (χ0n) is 29.0. The second-order valence-electron chi connectivity index (χ2n) is 13.0. The molecule has 0 saturated heterocycles. The number of ether oxygens (including phenoxy) is 3. The van der Waals surface area contributed by atoms with Crippen molar-refractivity contribution in [1.29, 1.82) is 0 Å². The highest BCUT2D eigenvalue weighted by Gasteiger charge is 2.32. The second-order valence-corrected chi connectivity index (χ2v) is 14.8. The lowest BCUT2D eigenvalue weighted by Gasteiger charge is -2.24. The van der Waals surface area contributed by atoms with E-state index in [9.17, 15) is 38.4 Å². The molecule has 0 aromatic heterocycles. The SMILES string of the molecule is COc1c(O)c2c(=O)cc(CO)c3c4c(CO)cc(=O)c5c(O)c(CCCCCS(=O)(=O)OCCOCCOCCO)c6c(c(c1C=C(C)C6)c23)c54. The molecule has 0 amide bonds. The summed E-state index contributed by atoms with van der Waals surface area (Å²) in [6.07, 6.45) is 3.70. The van der Waals surface area contributed by atoms with E-state index in [1.165, 1.54) is 19.2 Å². The van der Waals surface area contributed by atoms with Gasteiger partial charge in [0.05, 0.1) is 76.5 Å². The van der Waals surface area contributed by atoms with Gasteiger partial charge in [-0.25, -0.2) is 0 Å². The Labute approximate surface area is 299 Å². The van der Waals surface area contributed by atoms with Crippen LogP contribution >= 0.6 is 0 Å². The fourth-order valence-corrected chi connectivity index (χ4v) is 8.64. The summed E-state index contributed by atoms with van der Waals surface area (Å²) in [6.45, 7) is 1.35. The summed E-state index contributed by atoms with van der Waals surface area (Å²) in [5.41, 5.74) is 1.98. The van der Waals surface area contributed by atoms with Crippen molar-refractivity contribution in [2.45, 2.75) is 52.2 Å². The molecule has 0 bridgehead atoms. The predicted octanol–water partition coefficient (Wildman–Crippen LogP) is 3.34. The molecule has 0 fully saturated rings. The summed E-state index contributed by atoms with van der Waals surface area (Å²) in [7, 11) is -2.42. The Morgan fingerprint density at radius 1 is 0.712 bits per heavy atom. The molecule has 6 rings (SSSR count). The van der Waals surface area contributed by atoms with Crippen LogP contribution in [0.1, 0.15) is 54.0 Å². The molecule has 52 heavy (non-hydrogen) atoms. The predicted molar refractivity (Wildman–Crippen MR) is 196 cm³/mol. The van der Waals surface area contributed by atoms with Gasteiger partial charge in [0.15, 0.2) is 22.4 Å². The first kappa shape index (κ1) is 37.6. The maximum absolute atomic E-state index is 13.8. The topological polar surface area (TPSA) is 206 Å². The van der Waals surface area contributed by atoms with Crippen molar-refractivity contribution >= 4 is 59.3 Å². The number of hydrogen-bond donors (Lipinski definition) is 5. The highest BCUT2D eigenvalue weighted by molar-refractivity contribution is 7.86. The molecule has 0 atom stereocenters. The molecule has 5 aromatic rings. The smallest absolute Gasteiger partial charge is 0.267 e. The molecule has 13 nitrogen and oxygen atoms in total. The maximum atomic E-state index is 13.8. The average molecular weight is 739 g/mol. The molecule has 0 aliphatic heterocycles. The van der Waals surface area contributed by atoms with Crippen molar-refractivity contribution in [1.82, 2.24) is 0 Å². The van der Waals surface area contributed by atoms with Crippen molar-refractivity contribution < 1.29 is 52.3 Å². The van der Waals surface area contributed by atoms with Crippen molar-refractivity contribution in [2.75, 3.05) is 52.5 Å². The zero-order valence-corrected chi connectivity index (χ0v) is 29.9. The van der Waals surface area contributed by atoms with E-state index < -0.39 is 34.2 Å². The number of aromatic hydroxyl groups is 2. The Kier molecular flexibility index (Phi) is 11.2. The van der Waals surface area contributed by atoms with Gasteiger partial charge in [-0.2, -0.15) is 8.42 Å². The lowest BCUT2D eigenvalue weighted by atomic mass is 9.80. The van der Waals surface area contributed by atoms with Gasteiger partial charge in [0.1, 0.15) is 5.75 Å². The van der Waals surface area contributed by atoms with Crippen LogP contribution < -0.4 is 15.6 Å². The molecule has 1 aliphatic rings. The van der Waals surface area contributed by atoms with Crippen LogP contribution in [0.3, 0.4) is 0 Å². The molecule has 1 aliphatic carbocycles. The summed E-state index contributed by atoms with van der Waals surface area (Å²) in [5, 5.41) is 55.8. The number of benzene rings is 5. The molecule has 14 heteroatoms. The third kappa shape index (κ3) is 6.64. The van der Waals surface area contributed by atoms with Gasteiger partial charge < -0.3 is 39.7 Å². The van der Waals surface area contributed by atoms with E-state index in [2.05, 4.69) is 0 Å². The molecule has 5 N–H and O–H groups in total. The van der Waals surface area contributed by atoms with Gasteiger partial charge in [-0.05, 0) is 83.2 Å². The van der Waals surface area contributed by atoms with E-state index >= 15 is 0 Å². The summed E-state index contributed by atoms with van der Waals surface area (Å²) >= 11 is 0. The molecule has 0 radical (unpaired) electrons. The highest BCUT2D eigenvalue weighted by Crippen LogP contribution is 2.53. The summed E-state index contributed by atoms with van der Waals surface area (Å²) in [5.74, 6) is -0.720. The summed E-state index contributed by atoms with van der Waals surface area (Å²) in [6, 6.07) is 2.48. The van der Waals surface area contributed by atoms with Crippen molar-refractivity contribution in [3.8, 4) is 17.2 Å². The standard InChI is InChI=1S/C38H42O13S/c1-20-14-24-23(6-4-3-5-13-52(46,47)51-12-11-50-10-9-49-8-7-39)36(44)32-26(42)16-21(18-40)28-29-22(19-41)17-27(43)33-35(29)31(30(24)34(28)32)25(15-20)38(48-2)37(33)45/h15-17,39-41,44-45H,3-14,18-19H2,1-2H3. The molecule has 0 heterocycles. The first-order valence-corrected chi connectivity index (χ1v) is 18.7. The third-order valence-corrected chi connectivity index (χ3v) is 11.0. The molecular formula is C38H42O13S. The van der Waals surface area contributed by atoms with Crippen LogP contribution in [-0.4, -0.2) is 86.5 Å². The number of methoxy groups -OCH3 is 1. The summed E-state index contributed by atoms with van der Waals surface area (Å²) < 4.78 is 46.0. The van der Waals surface area contributed by atoms with Crippen molar-refractivity contribution in [2.24, 2.45) is 0 Å². The minimum atomic E-state index is -3.81. The van der Waals surface area contributed by atoms with E-state index in [0.717, 1.165) is 5.57 Å². The second kappa shape index (κ2) is 15.4. The lowest BCUT2D eigenvalue weighted by molar-refractivity contribution is 0.0252. The number of aliphatic hydroxyl groups is 3. The number of phenols is 2. The van der Waals surface area contributed by atoms with Crippen molar-refractivity contribution in [3.05, 3.63) is 66.0 Å². The van der Waals surface area contributed by atoms with Gasteiger partial charge in [0, 0.05) is 21.7 Å². The zero-order chi connectivity index (χ0) is 37.3.